The van der Waals surface area contributed by atoms with Gasteiger partial charge in [-0.25, -0.2) is 0 Å². The van der Waals surface area contributed by atoms with Crippen LogP contribution in [0.3, 0.4) is 0 Å². The van der Waals surface area contributed by atoms with Gasteiger partial charge >= 0.3 is 0 Å². The van der Waals surface area contributed by atoms with Crippen LogP contribution in [-0.2, 0) is 17.7 Å². The van der Waals surface area contributed by atoms with E-state index in [0.717, 1.165) is 17.7 Å². The van der Waals surface area contributed by atoms with Gasteiger partial charge < -0.3 is 26.0 Å². The number of rotatable bonds is 2. The van der Waals surface area contributed by atoms with Crippen molar-refractivity contribution < 1.29 is 14.6 Å². The summed E-state index contributed by atoms with van der Waals surface area (Å²) in [4.78, 5) is 10.4. The van der Waals surface area contributed by atoms with Gasteiger partial charge in [-0.05, 0) is 6.07 Å². The molecule has 1 aromatic heterocycles. The number of phenols is 1. The number of benzene rings is 1. The lowest BCUT2D eigenvalue weighted by molar-refractivity contribution is -0.00268. The lowest BCUT2D eigenvalue weighted by Crippen LogP contribution is -2.48. The number of phenolic OH excluding ortho intramolecular Hbond substituents is 1. The second kappa shape index (κ2) is 6.05. The summed E-state index contributed by atoms with van der Waals surface area (Å²) < 4.78 is 11.9. The van der Waals surface area contributed by atoms with Crippen LogP contribution in [0.4, 0.5) is 11.8 Å². The third-order valence-electron chi connectivity index (χ3n) is 4.64. The van der Waals surface area contributed by atoms with Crippen molar-refractivity contribution in [2.45, 2.75) is 18.6 Å². The molecule has 2 aromatic rings. The molecular weight excluding hydrogens is 322 g/mol. The van der Waals surface area contributed by atoms with Crippen molar-refractivity contribution in [1.82, 2.24) is 14.9 Å². The number of fused-ring (bicyclic) bond motifs is 1. The van der Waals surface area contributed by atoms with E-state index in [2.05, 4.69) is 14.9 Å². The molecule has 0 unspecified atom stereocenters. The van der Waals surface area contributed by atoms with Gasteiger partial charge in [-0.3, -0.25) is 4.90 Å². The summed E-state index contributed by atoms with van der Waals surface area (Å²) >= 11 is 0. The topological polar surface area (TPSA) is 120 Å². The molecule has 0 radical (unpaired) electrons. The number of nitrogens with zero attached hydrogens (tertiary/aromatic N) is 3. The lowest BCUT2D eigenvalue weighted by atomic mass is 9.97. The van der Waals surface area contributed by atoms with Gasteiger partial charge in [-0.15, -0.1) is 0 Å². The highest BCUT2D eigenvalue weighted by Gasteiger charge is 2.44. The van der Waals surface area contributed by atoms with E-state index >= 15 is 0 Å². The van der Waals surface area contributed by atoms with Crippen LogP contribution in [-0.4, -0.2) is 51.9 Å². The molecule has 1 saturated heterocycles. The first-order valence-electron chi connectivity index (χ1n) is 8.22. The highest BCUT2D eigenvalue weighted by Crippen LogP contribution is 2.38. The molecule has 1 atom stereocenters. The molecule has 25 heavy (non-hydrogen) atoms. The molecule has 0 amide bonds. The predicted molar refractivity (Wildman–Crippen MR) is 92.1 cm³/mol. The fraction of sp³-hybridized carbons (Fsp3) is 0.412. The highest BCUT2D eigenvalue weighted by molar-refractivity contribution is 5.52. The zero-order chi connectivity index (χ0) is 17.4. The Morgan fingerprint density at radius 1 is 1.24 bits per heavy atom. The second-order valence-electron chi connectivity index (χ2n) is 6.60. The van der Waals surface area contributed by atoms with Gasteiger partial charge in [0.25, 0.3) is 0 Å². The number of hydrogen-bond donors (Lipinski definition) is 3. The normalized spacial score (nSPS) is 23.2. The van der Waals surface area contributed by atoms with Crippen molar-refractivity contribution in [2.75, 3.05) is 37.8 Å². The van der Waals surface area contributed by atoms with Gasteiger partial charge in [0.1, 0.15) is 11.6 Å². The van der Waals surface area contributed by atoms with Gasteiger partial charge in [-0.2, -0.15) is 9.97 Å². The maximum absolute atomic E-state index is 10.0. The molecule has 5 N–H and O–H groups in total. The van der Waals surface area contributed by atoms with Gasteiger partial charge in [-0.1, -0.05) is 18.2 Å². The van der Waals surface area contributed by atoms with Crippen molar-refractivity contribution in [3.63, 3.8) is 0 Å². The minimum atomic E-state index is -0.570. The zero-order valence-electron chi connectivity index (χ0n) is 13.8. The fourth-order valence-electron chi connectivity index (χ4n) is 3.48. The van der Waals surface area contributed by atoms with Crippen LogP contribution in [0.25, 0.3) is 0 Å². The summed E-state index contributed by atoms with van der Waals surface area (Å²) in [5, 5.41) is 10.0. The number of aromatic nitrogens is 2. The molecule has 8 nitrogen and oxygen atoms in total. The van der Waals surface area contributed by atoms with Crippen LogP contribution in [0.5, 0.6) is 11.6 Å². The third kappa shape index (κ3) is 3.06. The first-order chi connectivity index (χ1) is 12.0. The lowest BCUT2D eigenvalue weighted by Gasteiger charge is -2.31. The molecule has 0 aliphatic carbocycles. The Hall–Kier alpha value is -2.58. The van der Waals surface area contributed by atoms with Crippen LogP contribution in [0.1, 0.15) is 11.1 Å². The predicted octanol–water partition coefficient (Wildman–Crippen LogP) is 0.553. The summed E-state index contributed by atoms with van der Waals surface area (Å²) in [6, 6.07) is 7.34. The standard InChI is InChI=1S/C17H21N5O3/c18-14-12-7-17(25-15(12)21-16(19)20-14)9-22(5-6-24-10-17)8-11-3-1-2-4-13(11)23/h1-4,23H,5-10H2,(H4,18,19,20,21)/t17-/m1/s1. The number of para-hydroxylation sites is 1. The molecule has 0 bridgehead atoms. The van der Waals surface area contributed by atoms with Crippen LogP contribution in [0.2, 0.25) is 0 Å². The molecule has 1 fully saturated rings. The van der Waals surface area contributed by atoms with E-state index in [-0.39, 0.29) is 5.95 Å². The van der Waals surface area contributed by atoms with E-state index in [4.69, 9.17) is 20.9 Å². The minimum absolute atomic E-state index is 0.105. The maximum Gasteiger partial charge on any atom is 0.225 e. The number of anilines is 2. The van der Waals surface area contributed by atoms with Gasteiger partial charge in [0.15, 0.2) is 5.60 Å². The molecule has 4 rings (SSSR count). The molecule has 132 valence electrons. The smallest absolute Gasteiger partial charge is 0.225 e. The van der Waals surface area contributed by atoms with Gasteiger partial charge in [0, 0.05) is 31.6 Å². The summed E-state index contributed by atoms with van der Waals surface area (Å²) in [6.07, 6.45) is 0.575. The number of hydrogen-bond acceptors (Lipinski definition) is 8. The third-order valence-corrected chi connectivity index (χ3v) is 4.64. The Labute approximate surface area is 145 Å². The Balaban J connectivity index is 1.57. The summed E-state index contributed by atoms with van der Waals surface area (Å²) in [5.41, 5.74) is 12.7. The van der Waals surface area contributed by atoms with E-state index in [0.29, 0.717) is 50.2 Å². The second-order valence-corrected chi connectivity index (χ2v) is 6.60. The summed E-state index contributed by atoms with van der Waals surface area (Å²) in [6.45, 7) is 3.04. The van der Waals surface area contributed by atoms with E-state index < -0.39 is 5.60 Å². The molecule has 3 heterocycles. The van der Waals surface area contributed by atoms with Crippen LogP contribution in [0.15, 0.2) is 24.3 Å². The average Bonchev–Trinajstić information content (AvgIpc) is 2.80. The quantitative estimate of drug-likeness (QED) is 0.723. The van der Waals surface area contributed by atoms with Crippen LogP contribution in [0, 0.1) is 0 Å². The highest BCUT2D eigenvalue weighted by atomic mass is 16.6. The van der Waals surface area contributed by atoms with Crippen molar-refractivity contribution in [3.8, 4) is 11.6 Å². The number of aromatic hydroxyl groups is 1. The van der Waals surface area contributed by atoms with Crippen LogP contribution >= 0.6 is 0 Å². The Morgan fingerprint density at radius 2 is 2.08 bits per heavy atom. The number of ether oxygens (including phenoxy) is 2. The van der Waals surface area contributed by atoms with Crippen molar-refractivity contribution in [1.29, 1.82) is 0 Å². The Bertz CT molecular complexity index is 800. The average molecular weight is 343 g/mol. The fourth-order valence-corrected chi connectivity index (χ4v) is 3.48. The van der Waals surface area contributed by atoms with E-state index in [1.807, 2.05) is 18.2 Å². The largest absolute Gasteiger partial charge is 0.508 e. The van der Waals surface area contributed by atoms with E-state index in [1.54, 1.807) is 6.07 Å². The first kappa shape index (κ1) is 15.9. The molecule has 2 aliphatic heterocycles. The number of nitrogens with two attached hydrogens (primary N) is 2. The Kier molecular flexibility index (Phi) is 3.85. The molecule has 1 spiro atoms. The SMILES string of the molecule is Nc1nc(N)c2c(n1)O[C@]1(COCCN(Cc3ccccc3O)C1)C2. The van der Waals surface area contributed by atoms with Crippen molar-refractivity contribution in [3.05, 3.63) is 35.4 Å². The molecule has 8 heteroatoms. The summed E-state index contributed by atoms with van der Waals surface area (Å²) in [5.74, 6) is 1.20. The van der Waals surface area contributed by atoms with Crippen molar-refractivity contribution in [2.24, 2.45) is 0 Å². The van der Waals surface area contributed by atoms with Gasteiger partial charge in [0.05, 0.1) is 18.8 Å². The zero-order valence-corrected chi connectivity index (χ0v) is 13.8. The minimum Gasteiger partial charge on any atom is -0.508 e. The molecule has 2 aliphatic rings. The monoisotopic (exact) mass is 343 g/mol. The molecular formula is C17H21N5O3. The molecule has 0 saturated carbocycles. The number of nitrogen functional groups attached to an aromatic ring is 2. The Morgan fingerprint density at radius 3 is 2.92 bits per heavy atom. The van der Waals surface area contributed by atoms with Crippen LogP contribution < -0.4 is 16.2 Å². The van der Waals surface area contributed by atoms with Gasteiger partial charge in [0.2, 0.25) is 11.8 Å². The molecule has 1 aromatic carbocycles. The summed E-state index contributed by atoms with van der Waals surface area (Å²) in [7, 11) is 0. The van der Waals surface area contributed by atoms with E-state index in [1.165, 1.54) is 0 Å². The maximum atomic E-state index is 10.0. The van der Waals surface area contributed by atoms with E-state index in [9.17, 15) is 5.11 Å². The van der Waals surface area contributed by atoms with Crippen molar-refractivity contribution >= 4 is 11.8 Å². The first-order valence-corrected chi connectivity index (χ1v) is 8.22.